The van der Waals surface area contributed by atoms with E-state index in [0.717, 1.165) is 38.9 Å². The summed E-state index contributed by atoms with van der Waals surface area (Å²) in [5.41, 5.74) is 0. The summed E-state index contributed by atoms with van der Waals surface area (Å²) in [6.07, 6.45) is 2.89. The summed E-state index contributed by atoms with van der Waals surface area (Å²) in [6.45, 7) is 3.88. The van der Waals surface area contributed by atoms with Gasteiger partial charge in [-0.25, -0.2) is 0 Å². The predicted octanol–water partition coefficient (Wildman–Crippen LogP) is -0.325. The molecule has 0 aromatic rings. The Labute approximate surface area is 84.5 Å². The van der Waals surface area contributed by atoms with Gasteiger partial charge in [-0.15, -0.1) is 0 Å². The largest absolute Gasteiger partial charge is 0.392 e. The summed E-state index contributed by atoms with van der Waals surface area (Å²) in [4.78, 5) is 15.7. The maximum atomic E-state index is 11.7. The van der Waals surface area contributed by atoms with Crippen LogP contribution in [-0.2, 0) is 4.79 Å². The van der Waals surface area contributed by atoms with Gasteiger partial charge in [0.15, 0.2) is 0 Å². The molecule has 4 nitrogen and oxygen atoms in total. The topological polar surface area (TPSA) is 43.8 Å². The minimum Gasteiger partial charge on any atom is -0.392 e. The lowest BCUT2D eigenvalue weighted by Gasteiger charge is -2.20. The minimum atomic E-state index is -0.221. The molecule has 0 saturated carbocycles. The van der Waals surface area contributed by atoms with Crippen molar-refractivity contribution in [1.29, 1.82) is 0 Å². The van der Waals surface area contributed by atoms with E-state index in [1.807, 2.05) is 9.80 Å². The van der Waals surface area contributed by atoms with Crippen molar-refractivity contribution in [2.45, 2.75) is 25.4 Å². The first-order valence-corrected chi connectivity index (χ1v) is 5.44. The number of aliphatic hydroxyl groups is 1. The molecule has 2 aliphatic heterocycles. The molecular formula is C10H18N2O2. The fourth-order valence-corrected chi connectivity index (χ4v) is 2.21. The van der Waals surface area contributed by atoms with Crippen molar-refractivity contribution in [3.8, 4) is 0 Å². The molecule has 0 bridgehead atoms. The molecule has 1 unspecified atom stereocenters. The Bertz CT molecular complexity index is 214. The fraction of sp³-hybridized carbons (Fsp3) is 0.900. The molecule has 0 aromatic heterocycles. The molecule has 0 aliphatic carbocycles. The number of amides is 1. The van der Waals surface area contributed by atoms with Gasteiger partial charge in [-0.05, 0) is 19.3 Å². The summed E-state index contributed by atoms with van der Waals surface area (Å²) in [5, 5.41) is 9.31. The van der Waals surface area contributed by atoms with Gasteiger partial charge in [-0.1, -0.05) is 0 Å². The van der Waals surface area contributed by atoms with E-state index >= 15 is 0 Å². The zero-order chi connectivity index (χ0) is 9.97. The van der Waals surface area contributed by atoms with Gasteiger partial charge in [0.2, 0.25) is 5.91 Å². The van der Waals surface area contributed by atoms with Crippen LogP contribution >= 0.6 is 0 Å². The summed E-state index contributed by atoms with van der Waals surface area (Å²) in [7, 11) is 0. The lowest BCUT2D eigenvalue weighted by Crippen LogP contribution is -2.38. The van der Waals surface area contributed by atoms with Crippen molar-refractivity contribution in [2.24, 2.45) is 0 Å². The second-order valence-electron chi connectivity index (χ2n) is 4.27. The zero-order valence-electron chi connectivity index (χ0n) is 8.48. The van der Waals surface area contributed by atoms with Gasteiger partial charge in [-0.2, -0.15) is 0 Å². The highest BCUT2D eigenvalue weighted by molar-refractivity contribution is 5.78. The van der Waals surface area contributed by atoms with Gasteiger partial charge in [0.05, 0.1) is 12.6 Å². The number of hydrogen-bond acceptors (Lipinski definition) is 3. The van der Waals surface area contributed by atoms with E-state index in [2.05, 4.69) is 0 Å². The van der Waals surface area contributed by atoms with Crippen LogP contribution in [0, 0.1) is 0 Å². The van der Waals surface area contributed by atoms with Crippen LogP contribution in [0.2, 0.25) is 0 Å². The van der Waals surface area contributed by atoms with Crippen LogP contribution in [0.5, 0.6) is 0 Å². The number of aliphatic hydroxyl groups excluding tert-OH is 1. The Morgan fingerprint density at radius 3 is 2.57 bits per heavy atom. The smallest absolute Gasteiger partial charge is 0.236 e. The van der Waals surface area contributed by atoms with E-state index in [0.29, 0.717) is 13.1 Å². The molecule has 14 heavy (non-hydrogen) atoms. The number of nitrogens with zero attached hydrogens (tertiary/aromatic N) is 2. The van der Waals surface area contributed by atoms with E-state index in [1.54, 1.807) is 0 Å². The van der Waals surface area contributed by atoms with Crippen molar-refractivity contribution >= 4 is 5.91 Å². The number of β-amino-alcohol motifs (C(OH)–C–C–N with tert-alkyl or cyclic N) is 1. The Kier molecular flexibility index (Phi) is 3.03. The molecular weight excluding hydrogens is 180 g/mol. The lowest BCUT2D eigenvalue weighted by atomic mass is 10.3. The summed E-state index contributed by atoms with van der Waals surface area (Å²) >= 11 is 0. The third kappa shape index (κ3) is 2.25. The molecule has 0 spiro atoms. The lowest BCUT2D eigenvalue weighted by molar-refractivity contribution is -0.131. The van der Waals surface area contributed by atoms with Gasteiger partial charge < -0.3 is 10.0 Å². The molecule has 2 saturated heterocycles. The summed E-state index contributed by atoms with van der Waals surface area (Å²) < 4.78 is 0. The SMILES string of the molecule is O=C(CN1CCC(O)C1)N1CCCC1. The Balaban J connectivity index is 1.76. The molecule has 1 amide bonds. The predicted molar refractivity (Wildman–Crippen MR) is 52.9 cm³/mol. The molecule has 0 aromatic carbocycles. The third-order valence-electron chi connectivity index (χ3n) is 3.07. The number of likely N-dealkylation sites (tertiary alicyclic amines) is 2. The highest BCUT2D eigenvalue weighted by atomic mass is 16.3. The first kappa shape index (κ1) is 9.93. The summed E-state index contributed by atoms with van der Waals surface area (Å²) in [6, 6.07) is 0. The van der Waals surface area contributed by atoms with Crippen molar-refractivity contribution in [1.82, 2.24) is 9.80 Å². The van der Waals surface area contributed by atoms with Crippen LogP contribution in [0.1, 0.15) is 19.3 Å². The molecule has 80 valence electrons. The van der Waals surface area contributed by atoms with Crippen molar-refractivity contribution in [3.05, 3.63) is 0 Å². The van der Waals surface area contributed by atoms with Crippen molar-refractivity contribution in [2.75, 3.05) is 32.7 Å². The van der Waals surface area contributed by atoms with E-state index in [-0.39, 0.29) is 12.0 Å². The Hall–Kier alpha value is -0.610. The second-order valence-corrected chi connectivity index (χ2v) is 4.27. The fourth-order valence-electron chi connectivity index (χ4n) is 2.21. The van der Waals surface area contributed by atoms with Gasteiger partial charge in [0, 0.05) is 26.2 Å². The molecule has 1 atom stereocenters. The Morgan fingerprint density at radius 2 is 2.00 bits per heavy atom. The van der Waals surface area contributed by atoms with Gasteiger partial charge in [-0.3, -0.25) is 9.69 Å². The molecule has 2 fully saturated rings. The first-order valence-electron chi connectivity index (χ1n) is 5.44. The zero-order valence-corrected chi connectivity index (χ0v) is 8.48. The average molecular weight is 198 g/mol. The third-order valence-corrected chi connectivity index (χ3v) is 3.07. The Morgan fingerprint density at radius 1 is 1.29 bits per heavy atom. The van der Waals surface area contributed by atoms with Crippen molar-refractivity contribution < 1.29 is 9.90 Å². The van der Waals surface area contributed by atoms with Gasteiger partial charge in [0.25, 0.3) is 0 Å². The number of rotatable bonds is 2. The quantitative estimate of drug-likeness (QED) is 0.661. The highest BCUT2D eigenvalue weighted by Gasteiger charge is 2.25. The van der Waals surface area contributed by atoms with Crippen LogP contribution in [-0.4, -0.2) is 59.6 Å². The normalized spacial score (nSPS) is 28.6. The molecule has 0 radical (unpaired) electrons. The van der Waals surface area contributed by atoms with Crippen LogP contribution in [0.3, 0.4) is 0 Å². The first-order chi connectivity index (χ1) is 6.75. The number of carbonyl (C=O) groups excluding carboxylic acids is 1. The van der Waals surface area contributed by atoms with Crippen molar-refractivity contribution in [3.63, 3.8) is 0 Å². The van der Waals surface area contributed by atoms with E-state index in [4.69, 9.17) is 0 Å². The maximum Gasteiger partial charge on any atom is 0.236 e. The van der Waals surface area contributed by atoms with E-state index in [1.165, 1.54) is 0 Å². The van der Waals surface area contributed by atoms with Crippen LogP contribution in [0.25, 0.3) is 0 Å². The van der Waals surface area contributed by atoms with Gasteiger partial charge >= 0.3 is 0 Å². The van der Waals surface area contributed by atoms with Crippen LogP contribution < -0.4 is 0 Å². The van der Waals surface area contributed by atoms with Gasteiger partial charge in [0.1, 0.15) is 0 Å². The number of carbonyl (C=O) groups is 1. The summed E-state index contributed by atoms with van der Waals surface area (Å²) in [5.74, 6) is 0.233. The van der Waals surface area contributed by atoms with Crippen LogP contribution in [0.4, 0.5) is 0 Å². The highest BCUT2D eigenvalue weighted by Crippen LogP contribution is 2.11. The molecule has 2 heterocycles. The minimum absolute atomic E-state index is 0.221. The molecule has 2 rings (SSSR count). The van der Waals surface area contributed by atoms with E-state index in [9.17, 15) is 9.90 Å². The second kappa shape index (κ2) is 4.28. The number of hydrogen-bond donors (Lipinski definition) is 1. The molecule has 4 heteroatoms. The standard InChI is InChI=1S/C10H18N2O2/c13-9-3-6-11(7-9)8-10(14)12-4-1-2-5-12/h9,13H,1-8H2. The monoisotopic (exact) mass is 198 g/mol. The van der Waals surface area contributed by atoms with Crippen LogP contribution in [0.15, 0.2) is 0 Å². The van der Waals surface area contributed by atoms with E-state index < -0.39 is 0 Å². The maximum absolute atomic E-state index is 11.7. The molecule has 1 N–H and O–H groups in total. The molecule has 2 aliphatic rings. The average Bonchev–Trinajstić information content (AvgIpc) is 2.75.